The number of benzene rings is 2. The monoisotopic (exact) mass is 612 g/mol. The second-order valence-corrected chi connectivity index (χ2v) is 13.1. The van der Waals surface area contributed by atoms with Crippen molar-refractivity contribution in [3.63, 3.8) is 0 Å². The Morgan fingerprint density at radius 2 is 1.47 bits per heavy atom. The van der Waals surface area contributed by atoms with Crippen LogP contribution in [0.25, 0.3) is 0 Å². The molecule has 0 spiro atoms. The molecule has 2 aromatic carbocycles. The van der Waals surface area contributed by atoms with Crippen molar-refractivity contribution >= 4 is 29.4 Å². The predicted molar refractivity (Wildman–Crippen MR) is 176 cm³/mol. The van der Waals surface area contributed by atoms with E-state index in [2.05, 4.69) is 18.2 Å². The predicted octanol–water partition coefficient (Wildman–Crippen LogP) is 5.74. The van der Waals surface area contributed by atoms with E-state index in [-0.39, 0.29) is 29.9 Å². The maximum Gasteiger partial charge on any atom is 0.256 e. The fourth-order valence-corrected chi connectivity index (χ4v) is 6.96. The molecular formula is C36H44N4O5. The molecule has 0 aromatic heterocycles. The zero-order valence-electron chi connectivity index (χ0n) is 26.8. The topological polar surface area (TPSA) is 94.9 Å². The van der Waals surface area contributed by atoms with Crippen LogP contribution >= 0.6 is 0 Å². The number of aliphatic hydroxyl groups excluding tert-OH is 1. The lowest BCUT2D eigenvalue weighted by atomic mass is 10.0. The normalized spacial score (nSPS) is 22.4. The van der Waals surface area contributed by atoms with E-state index in [1.807, 2.05) is 68.0 Å². The Bertz CT molecular complexity index is 1580. The van der Waals surface area contributed by atoms with Gasteiger partial charge in [0.05, 0.1) is 47.8 Å². The molecule has 1 unspecified atom stereocenters. The number of carbonyl (C=O) groups is 2. The highest BCUT2D eigenvalue weighted by Gasteiger charge is 2.44. The van der Waals surface area contributed by atoms with Crippen molar-refractivity contribution in [2.24, 2.45) is 4.99 Å². The maximum atomic E-state index is 13.5. The summed E-state index contributed by atoms with van der Waals surface area (Å²) >= 11 is 0. The van der Waals surface area contributed by atoms with Gasteiger partial charge in [0.2, 0.25) is 0 Å². The Morgan fingerprint density at radius 3 is 2.16 bits per heavy atom. The lowest BCUT2D eigenvalue weighted by Gasteiger charge is -2.36. The summed E-state index contributed by atoms with van der Waals surface area (Å²) in [5.41, 5.74) is 6.40. The summed E-state index contributed by atoms with van der Waals surface area (Å²) in [6.45, 7) is 18.2. The second kappa shape index (κ2) is 12.4. The number of nitrogens with zero attached hydrogens (tertiary/aromatic N) is 4. The minimum Gasteiger partial charge on any atom is -0.493 e. The van der Waals surface area contributed by atoms with Gasteiger partial charge in [0.25, 0.3) is 11.8 Å². The molecule has 6 rings (SSSR count). The van der Waals surface area contributed by atoms with Crippen molar-refractivity contribution < 1.29 is 24.2 Å². The SMILES string of the molecule is C=C1C[C@H]2C=Nc3cc(OCCCCCOc4cc5c(cc4C)C(=O)N4CC(=C)C[C@H]4C(O)N5C(C)C)c(C)cc3C(=O)N2C1. The van der Waals surface area contributed by atoms with Gasteiger partial charge in [0, 0.05) is 37.5 Å². The van der Waals surface area contributed by atoms with Gasteiger partial charge in [-0.2, -0.15) is 0 Å². The highest BCUT2D eigenvalue weighted by atomic mass is 16.5. The van der Waals surface area contributed by atoms with Crippen molar-refractivity contribution in [1.29, 1.82) is 0 Å². The van der Waals surface area contributed by atoms with Gasteiger partial charge in [-0.15, -0.1) is 0 Å². The quantitative estimate of drug-likeness (QED) is 0.287. The van der Waals surface area contributed by atoms with Crippen molar-refractivity contribution in [3.8, 4) is 11.5 Å². The van der Waals surface area contributed by atoms with E-state index in [4.69, 9.17) is 9.47 Å². The summed E-state index contributed by atoms with van der Waals surface area (Å²) in [6, 6.07) is 7.23. The molecule has 45 heavy (non-hydrogen) atoms. The number of carbonyl (C=O) groups excluding carboxylic acids is 2. The van der Waals surface area contributed by atoms with Crippen LogP contribution in [0.15, 0.2) is 53.6 Å². The van der Waals surface area contributed by atoms with E-state index in [0.717, 1.165) is 59.5 Å². The van der Waals surface area contributed by atoms with Crippen LogP contribution in [-0.2, 0) is 0 Å². The lowest BCUT2D eigenvalue weighted by molar-refractivity contribution is 0.0497. The van der Waals surface area contributed by atoms with Crippen molar-refractivity contribution in [1.82, 2.24) is 9.80 Å². The number of anilines is 1. The maximum absolute atomic E-state index is 13.5. The fraction of sp³-hybridized carbons (Fsp3) is 0.472. The number of rotatable bonds is 9. The fourth-order valence-electron chi connectivity index (χ4n) is 6.96. The summed E-state index contributed by atoms with van der Waals surface area (Å²) in [5, 5.41) is 11.4. The van der Waals surface area contributed by atoms with Crippen molar-refractivity contribution in [3.05, 3.63) is 70.8 Å². The Hall–Kier alpha value is -4.11. The molecule has 2 amide bonds. The molecule has 238 valence electrons. The standard InChI is InChI=1S/C36H44N4O5/c1-21(2)40-30-17-33(25(6)15-28(30)35(42)39-20-23(4)13-31(39)36(40)43)45-11-9-7-8-10-44-32-16-29-27(14-24(32)5)34(41)38-19-22(3)12-26(38)18-37-29/h14-18,21,26,31,36,43H,3-4,7-13,19-20H2,1-2,5-6H3/t26-,31-,36?/m0/s1. The van der Waals surface area contributed by atoms with E-state index >= 15 is 0 Å². The lowest BCUT2D eigenvalue weighted by Crippen LogP contribution is -2.50. The molecule has 2 aromatic rings. The Labute approximate surface area is 265 Å². The third-order valence-electron chi connectivity index (χ3n) is 9.31. The third-order valence-corrected chi connectivity index (χ3v) is 9.31. The molecular weight excluding hydrogens is 568 g/mol. The van der Waals surface area contributed by atoms with Gasteiger partial charge in [-0.25, -0.2) is 0 Å². The van der Waals surface area contributed by atoms with Crippen molar-refractivity contribution in [2.75, 3.05) is 31.2 Å². The molecule has 4 aliphatic heterocycles. The first-order valence-corrected chi connectivity index (χ1v) is 16.0. The molecule has 0 radical (unpaired) electrons. The van der Waals surface area contributed by atoms with Crippen LogP contribution < -0.4 is 14.4 Å². The molecule has 2 saturated heterocycles. The zero-order chi connectivity index (χ0) is 32.0. The van der Waals surface area contributed by atoms with E-state index in [1.165, 1.54) is 0 Å². The summed E-state index contributed by atoms with van der Waals surface area (Å²) in [5.74, 6) is 1.40. The Kier molecular flexibility index (Phi) is 8.48. The van der Waals surface area contributed by atoms with Crippen LogP contribution in [0, 0.1) is 13.8 Å². The number of aliphatic imine (C=N–C) groups is 1. The van der Waals surface area contributed by atoms with Gasteiger partial charge in [0.15, 0.2) is 0 Å². The highest BCUT2D eigenvalue weighted by Crippen LogP contribution is 2.40. The van der Waals surface area contributed by atoms with Gasteiger partial charge < -0.3 is 29.3 Å². The summed E-state index contributed by atoms with van der Waals surface area (Å²) in [6.07, 6.45) is 5.01. The zero-order valence-corrected chi connectivity index (χ0v) is 26.8. The van der Waals surface area contributed by atoms with E-state index in [0.29, 0.717) is 55.2 Å². The first-order chi connectivity index (χ1) is 21.5. The van der Waals surface area contributed by atoms with Crippen LogP contribution in [-0.4, -0.2) is 83.6 Å². The molecule has 9 nitrogen and oxygen atoms in total. The third kappa shape index (κ3) is 5.86. The number of ether oxygens (including phenoxy) is 2. The Morgan fingerprint density at radius 1 is 0.867 bits per heavy atom. The minimum absolute atomic E-state index is 0.00293. The van der Waals surface area contributed by atoms with Crippen LogP contribution in [0.1, 0.15) is 77.8 Å². The summed E-state index contributed by atoms with van der Waals surface area (Å²) < 4.78 is 12.3. The van der Waals surface area contributed by atoms with Gasteiger partial charge in [-0.05, 0) is 83.1 Å². The average molecular weight is 613 g/mol. The van der Waals surface area contributed by atoms with E-state index in [1.54, 1.807) is 4.90 Å². The number of amides is 2. The number of hydrogen-bond acceptors (Lipinski definition) is 7. The molecule has 0 bridgehead atoms. The van der Waals surface area contributed by atoms with Gasteiger partial charge in [-0.1, -0.05) is 24.3 Å². The summed E-state index contributed by atoms with van der Waals surface area (Å²) in [4.78, 5) is 36.9. The first-order valence-electron chi connectivity index (χ1n) is 16.0. The van der Waals surface area contributed by atoms with Gasteiger partial charge >= 0.3 is 0 Å². The largest absolute Gasteiger partial charge is 0.493 e. The second-order valence-electron chi connectivity index (χ2n) is 13.1. The van der Waals surface area contributed by atoms with Crippen LogP contribution in [0.4, 0.5) is 11.4 Å². The van der Waals surface area contributed by atoms with Crippen LogP contribution in [0.5, 0.6) is 11.5 Å². The van der Waals surface area contributed by atoms with Gasteiger partial charge in [-0.3, -0.25) is 14.6 Å². The number of hydrogen-bond donors (Lipinski definition) is 1. The number of aryl methyl sites for hydroxylation is 2. The molecule has 9 heteroatoms. The van der Waals surface area contributed by atoms with Gasteiger partial charge in [0.1, 0.15) is 17.7 Å². The number of unbranched alkanes of at least 4 members (excludes halogenated alkanes) is 2. The molecule has 0 aliphatic carbocycles. The Balaban J connectivity index is 1.04. The average Bonchev–Trinajstić information content (AvgIpc) is 3.53. The minimum atomic E-state index is -0.821. The van der Waals surface area contributed by atoms with E-state index in [9.17, 15) is 14.7 Å². The highest BCUT2D eigenvalue weighted by molar-refractivity contribution is 6.04. The van der Waals surface area contributed by atoms with Crippen LogP contribution in [0.3, 0.4) is 0 Å². The number of aliphatic hydroxyl groups is 1. The molecule has 4 heterocycles. The smallest absolute Gasteiger partial charge is 0.256 e. The molecule has 3 atom stereocenters. The summed E-state index contributed by atoms with van der Waals surface area (Å²) in [7, 11) is 0. The molecule has 2 fully saturated rings. The molecule has 4 aliphatic rings. The van der Waals surface area contributed by atoms with Crippen molar-refractivity contribution in [2.45, 2.75) is 84.2 Å². The molecule has 1 N–H and O–H groups in total. The number of fused-ring (bicyclic) bond motifs is 4. The van der Waals surface area contributed by atoms with Crippen LogP contribution in [0.2, 0.25) is 0 Å². The first kappa shape index (κ1) is 30.9. The van der Waals surface area contributed by atoms with E-state index < -0.39 is 6.23 Å². The molecule has 0 saturated carbocycles.